The number of benzene rings is 1. The van der Waals surface area contributed by atoms with Crippen LogP contribution in [0.25, 0.3) is 0 Å². The fourth-order valence-corrected chi connectivity index (χ4v) is 2.38. The average Bonchev–Trinajstić information content (AvgIpc) is 2.31. The second-order valence-corrected chi connectivity index (χ2v) is 5.48. The molecule has 0 saturated heterocycles. The Labute approximate surface area is 116 Å². The molecule has 1 aromatic rings. The van der Waals surface area contributed by atoms with Gasteiger partial charge in [0.15, 0.2) is 0 Å². The lowest BCUT2D eigenvalue weighted by Gasteiger charge is -2.19. The average molecular weight is 288 g/mol. The van der Waals surface area contributed by atoms with E-state index < -0.39 is 5.76 Å². The maximum Gasteiger partial charge on any atom is 0.313 e. The number of carbonyl (C=O) groups is 1. The molecule has 2 nitrogen and oxygen atoms in total. The van der Waals surface area contributed by atoms with E-state index in [1.54, 1.807) is 31.2 Å². The number of carbonyl (C=O) groups excluding carboxylic acids is 1. The van der Waals surface area contributed by atoms with Gasteiger partial charge in [0, 0.05) is 4.90 Å². The summed E-state index contributed by atoms with van der Waals surface area (Å²) in [4.78, 5) is 12.4. The van der Waals surface area contributed by atoms with Crippen molar-refractivity contribution in [3.05, 3.63) is 29.8 Å². The summed E-state index contributed by atoms with van der Waals surface area (Å²) >= 11 is 0.496. The van der Waals surface area contributed by atoms with Crippen LogP contribution in [0.2, 0.25) is 0 Å². The minimum atomic E-state index is -2.43. The molecule has 0 amide bonds. The summed E-state index contributed by atoms with van der Waals surface area (Å²) in [5.74, 6) is -2.97. The predicted molar refractivity (Wildman–Crippen MR) is 72.5 cm³/mol. The van der Waals surface area contributed by atoms with Crippen LogP contribution < -0.4 is 0 Å². The van der Waals surface area contributed by atoms with Gasteiger partial charge >= 0.3 is 5.97 Å². The Morgan fingerprint density at radius 2 is 1.84 bits per heavy atom. The molecule has 0 spiro atoms. The molecule has 0 saturated carbocycles. The van der Waals surface area contributed by atoms with Gasteiger partial charge in [-0.2, -0.15) is 8.78 Å². The van der Waals surface area contributed by atoms with Gasteiger partial charge in [-0.15, -0.1) is 0 Å². The van der Waals surface area contributed by atoms with E-state index in [1.165, 1.54) is 0 Å². The summed E-state index contributed by atoms with van der Waals surface area (Å²) in [5, 5.41) is 0. The molecule has 106 valence electrons. The molecular formula is C14H18F2O2S. The van der Waals surface area contributed by atoms with Crippen molar-refractivity contribution >= 4 is 17.7 Å². The highest BCUT2D eigenvalue weighted by atomic mass is 32.2. The second-order valence-electron chi connectivity index (χ2n) is 4.42. The van der Waals surface area contributed by atoms with Gasteiger partial charge in [-0.25, -0.2) is 0 Å². The van der Waals surface area contributed by atoms with Gasteiger partial charge in [0.1, 0.15) is 0 Å². The molecule has 0 aromatic heterocycles. The van der Waals surface area contributed by atoms with Gasteiger partial charge in [-0.05, 0) is 30.5 Å². The van der Waals surface area contributed by atoms with Crippen LogP contribution in [0, 0.1) is 5.92 Å². The maximum absolute atomic E-state index is 12.2. The summed E-state index contributed by atoms with van der Waals surface area (Å²) in [5.41, 5.74) is 0.798. The lowest BCUT2D eigenvalue weighted by Crippen LogP contribution is -2.20. The van der Waals surface area contributed by atoms with Crippen molar-refractivity contribution in [2.75, 3.05) is 6.61 Å². The Bertz CT molecular complexity index is 404. The summed E-state index contributed by atoms with van der Waals surface area (Å²) < 4.78 is 29.5. The Hall–Kier alpha value is -1.10. The third kappa shape index (κ3) is 4.82. The molecule has 1 rings (SSSR count). The summed E-state index contributed by atoms with van der Waals surface area (Å²) in [6.07, 6.45) is 0. The van der Waals surface area contributed by atoms with E-state index in [0.717, 1.165) is 5.56 Å². The Balaban J connectivity index is 2.88. The number of rotatable bonds is 6. The fraction of sp³-hybridized carbons (Fsp3) is 0.500. The van der Waals surface area contributed by atoms with Crippen LogP contribution in [-0.2, 0) is 9.53 Å². The van der Waals surface area contributed by atoms with E-state index in [9.17, 15) is 13.6 Å². The molecule has 1 atom stereocenters. The SMILES string of the molecule is CCOC(=O)C(c1ccc(SC(F)F)cc1)C(C)C. The number of hydrogen-bond donors (Lipinski definition) is 0. The lowest BCUT2D eigenvalue weighted by molar-refractivity contribution is -0.146. The van der Waals surface area contributed by atoms with Gasteiger partial charge in [0.05, 0.1) is 12.5 Å². The van der Waals surface area contributed by atoms with Crippen LogP contribution in [0.15, 0.2) is 29.2 Å². The first kappa shape index (κ1) is 16.0. The minimum Gasteiger partial charge on any atom is -0.466 e. The quantitative estimate of drug-likeness (QED) is 0.576. The zero-order chi connectivity index (χ0) is 14.4. The Morgan fingerprint density at radius 1 is 1.26 bits per heavy atom. The second kappa shape index (κ2) is 7.48. The van der Waals surface area contributed by atoms with Gasteiger partial charge in [0.2, 0.25) is 0 Å². The molecule has 0 aliphatic rings. The van der Waals surface area contributed by atoms with Crippen LogP contribution in [0.3, 0.4) is 0 Å². The minimum absolute atomic E-state index is 0.0904. The highest BCUT2D eigenvalue weighted by Gasteiger charge is 2.25. The first-order chi connectivity index (χ1) is 8.95. The zero-order valence-electron chi connectivity index (χ0n) is 11.2. The van der Waals surface area contributed by atoms with Crippen molar-refractivity contribution in [2.24, 2.45) is 5.92 Å². The molecule has 0 bridgehead atoms. The van der Waals surface area contributed by atoms with Gasteiger partial charge in [-0.1, -0.05) is 37.7 Å². The van der Waals surface area contributed by atoms with E-state index in [-0.39, 0.29) is 17.8 Å². The van der Waals surface area contributed by atoms with E-state index in [2.05, 4.69) is 0 Å². The van der Waals surface area contributed by atoms with Gasteiger partial charge < -0.3 is 4.74 Å². The van der Waals surface area contributed by atoms with E-state index >= 15 is 0 Å². The number of thioether (sulfide) groups is 1. The van der Waals surface area contributed by atoms with Crippen molar-refractivity contribution < 1.29 is 18.3 Å². The molecule has 1 unspecified atom stereocenters. The lowest BCUT2D eigenvalue weighted by atomic mass is 9.88. The molecule has 0 fully saturated rings. The van der Waals surface area contributed by atoms with Crippen molar-refractivity contribution in [3.63, 3.8) is 0 Å². The van der Waals surface area contributed by atoms with Crippen molar-refractivity contribution in [2.45, 2.75) is 37.3 Å². The van der Waals surface area contributed by atoms with Crippen LogP contribution in [-0.4, -0.2) is 18.3 Å². The maximum atomic E-state index is 12.2. The number of halogens is 2. The molecule has 0 heterocycles. The molecule has 5 heteroatoms. The highest BCUT2D eigenvalue weighted by molar-refractivity contribution is 7.99. The molecule has 0 N–H and O–H groups in total. The zero-order valence-corrected chi connectivity index (χ0v) is 12.0. The number of ether oxygens (including phenoxy) is 1. The number of hydrogen-bond acceptors (Lipinski definition) is 3. The van der Waals surface area contributed by atoms with E-state index in [4.69, 9.17) is 4.74 Å². The first-order valence-corrected chi connectivity index (χ1v) is 7.05. The Kier molecular flexibility index (Phi) is 6.28. The summed E-state index contributed by atoms with van der Waals surface area (Å²) in [7, 11) is 0. The normalized spacial score (nSPS) is 12.8. The summed E-state index contributed by atoms with van der Waals surface area (Å²) in [6, 6.07) is 6.65. The smallest absolute Gasteiger partial charge is 0.313 e. The first-order valence-electron chi connectivity index (χ1n) is 6.17. The predicted octanol–water partition coefficient (Wildman–Crippen LogP) is 4.30. The monoisotopic (exact) mass is 288 g/mol. The third-order valence-electron chi connectivity index (χ3n) is 2.67. The van der Waals surface area contributed by atoms with Crippen LogP contribution in [0.1, 0.15) is 32.3 Å². The molecular weight excluding hydrogens is 270 g/mol. The standard InChI is InChI=1S/C14H18F2O2S/c1-4-18-13(17)12(9(2)3)10-5-7-11(8-6-10)19-14(15)16/h5-9,12,14H,4H2,1-3H3. The topological polar surface area (TPSA) is 26.3 Å². The van der Waals surface area contributed by atoms with Gasteiger partial charge in [-0.3, -0.25) is 4.79 Å². The van der Waals surface area contributed by atoms with E-state index in [0.29, 0.717) is 23.3 Å². The third-order valence-corrected chi connectivity index (χ3v) is 3.39. The molecule has 19 heavy (non-hydrogen) atoms. The van der Waals surface area contributed by atoms with Crippen LogP contribution in [0.5, 0.6) is 0 Å². The van der Waals surface area contributed by atoms with Crippen LogP contribution >= 0.6 is 11.8 Å². The van der Waals surface area contributed by atoms with Crippen molar-refractivity contribution in [1.29, 1.82) is 0 Å². The molecule has 0 aliphatic carbocycles. The summed E-state index contributed by atoms with van der Waals surface area (Å²) in [6.45, 7) is 5.96. The van der Waals surface area contributed by atoms with Crippen LogP contribution in [0.4, 0.5) is 8.78 Å². The number of esters is 1. The van der Waals surface area contributed by atoms with Crippen molar-refractivity contribution in [3.8, 4) is 0 Å². The van der Waals surface area contributed by atoms with Crippen molar-refractivity contribution in [1.82, 2.24) is 0 Å². The van der Waals surface area contributed by atoms with E-state index in [1.807, 2.05) is 13.8 Å². The Morgan fingerprint density at radius 3 is 2.26 bits per heavy atom. The number of alkyl halides is 2. The fourth-order valence-electron chi connectivity index (χ4n) is 1.88. The highest BCUT2D eigenvalue weighted by Crippen LogP contribution is 2.30. The molecule has 0 aliphatic heterocycles. The van der Waals surface area contributed by atoms with Gasteiger partial charge in [0.25, 0.3) is 5.76 Å². The largest absolute Gasteiger partial charge is 0.466 e. The molecule has 1 aromatic carbocycles. The molecule has 0 radical (unpaired) electrons.